The maximum absolute atomic E-state index is 12.4. The van der Waals surface area contributed by atoms with E-state index in [-0.39, 0.29) is 5.91 Å². The van der Waals surface area contributed by atoms with E-state index in [4.69, 9.17) is 4.74 Å². The molecular weight excluding hydrogens is 270 g/mol. The van der Waals surface area contributed by atoms with Crippen LogP contribution in [0.4, 0.5) is 0 Å². The van der Waals surface area contributed by atoms with Crippen LogP contribution in [0.1, 0.15) is 32.3 Å². The van der Waals surface area contributed by atoms with Crippen LogP contribution in [0.2, 0.25) is 0 Å². The zero-order valence-corrected chi connectivity index (χ0v) is 12.8. The Morgan fingerprint density at radius 1 is 1.29 bits per heavy atom. The predicted molar refractivity (Wildman–Crippen MR) is 80.1 cm³/mol. The Balaban J connectivity index is 2.74. The smallest absolute Gasteiger partial charge is 0.326 e. The molecule has 1 rings (SSSR count). The van der Waals surface area contributed by atoms with Gasteiger partial charge in [-0.3, -0.25) is 4.79 Å². The third-order valence-electron chi connectivity index (χ3n) is 3.51. The molecule has 2 N–H and O–H groups in total. The molecule has 0 aromatic heterocycles. The highest BCUT2D eigenvalue weighted by atomic mass is 16.5. The summed E-state index contributed by atoms with van der Waals surface area (Å²) in [7, 11) is 1.56. The maximum atomic E-state index is 12.4. The van der Waals surface area contributed by atoms with E-state index in [1.54, 1.807) is 21.0 Å². The van der Waals surface area contributed by atoms with Crippen LogP contribution in [0.25, 0.3) is 0 Å². The van der Waals surface area contributed by atoms with E-state index in [0.717, 1.165) is 5.56 Å². The number of hydrogen-bond donors (Lipinski definition) is 2. The summed E-state index contributed by atoms with van der Waals surface area (Å²) in [5.74, 6) is -1.32. The number of amides is 1. The minimum Gasteiger partial charge on any atom is -0.480 e. The van der Waals surface area contributed by atoms with E-state index < -0.39 is 17.4 Å². The Morgan fingerprint density at radius 2 is 1.90 bits per heavy atom. The zero-order chi connectivity index (χ0) is 15.9. The molecule has 0 aliphatic carbocycles. The Bertz CT molecular complexity index is 470. The van der Waals surface area contributed by atoms with Gasteiger partial charge in [-0.2, -0.15) is 0 Å². The molecule has 0 aliphatic heterocycles. The number of ether oxygens (including phenoxy) is 1. The monoisotopic (exact) mass is 293 g/mol. The number of hydrogen-bond acceptors (Lipinski definition) is 3. The van der Waals surface area contributed by atoms with Crippen LogP contribution in [-0.4, -0.2) is 36.7 Å². The summed E-state index contributed by atoms with van der Waals surface area (Å²) in [6.07, 6.45) is 0.930. The molecule has 1 amide bonds. The topological polar surface area (TPSA) is 75.6 Å². The summed E-state index contributed by atoms with van der Waals surface area (Å²) in [6.45, 7) is 4.04. The minimum absolute atomic E-state index is 0.293. The lowest BCUT2D eigenvalue weighted by Gasteiger charge is -2.26. The average Bonchev–Trinajstić information content (AvgIpc) is 2.46. The molecule has 0 fully saturated rings. The molecule has 5 heteroatoms. The van der Waals surface area contributed by atoms with E-state index in [9.17, 15) is 14.7 Å². The summed E-state index contributed by atoms with van der Waals surface area (Å²) >= 11 is 0. The summed E-state index contributed by atoms with van der Waals surface area (Å²) in [5, 5.41) is 11.8. The van der Waals surface area contributed by atoms with Crippen LogP contribution >= 0.6 is 0 Å². The second-order valence-electron chi connectivity index (χ2n) is 5.49. The van der Waals surface area contributed by atoms with E-state index in [1.165, 1.54) is 0 Å². The van der Waals surface area contributed by atoms with Gasteiger partial charge in [-0.15, -0.1) is 0 Å². The molecule has 5 nitrogen and oxygen atoms in total. The van der Waals surface area contributed by atoms with Crippen molar-refractivity contribution in [3.05, 3.63) is 35.9 Å². The first kappa shape index (κ1) is 17.2. The first-order chi connectivity index (χ1) is 9.89. The van der Waals surface area contributed by atoms with Gasteiger partial charge >= 0.3 is 5.97 Å². The highest BCUT2D eigenvalue weighted by Crippen LogP contribution is 2.23. The van der Waals surface area contributed by atoms with Crippen LogP contribution in [0.15, 0.2) is 30.3 Å². The lowest BCUT2D eigenvalue weighted by Crippen LogP contribution is -2.48. The molecule has 0 saturated heterocycles. The number of carboxylic acids is 1. The highest BCUT2D eigenvalue weighted by molar-refractivity contribution is 5.90. The van der Waals surface area contributed by atoms with Crippen molar-refractivity contribution >= 4 is 11.9 Å². The van der Waals surface area contributed by atoms with Gasteiger partial charge in [0, 0.05) is 13.7 Å². The number of nitrogens with one attached hydrogen (secondary N) is 1. The van der Waals surface area contributed by atoms with Crippen molar-refractivity contribution in [2.24, 2.45) is 0 Å². The fourth-order valence-corrected chi connectivity index (χ4v) is 2.01. The molecule has 0 bridgehead atoms. The minimum atomic E-state index is -1.02. The molecular formula is C16H23NO4. The number of benzene rings is 1. The van der Waals surface area contributed by atoms with Gasteiger partial charge < -0.3 is 15.2 Å². The van der Waals surface area contributed by atoms with Crippen LogP contribution in [0.3, 0.4) is 0 Å². The van der Waals surface area contributed by atoms with Gasteiger partial charge in [0.15, 0.2) is 0 Å². The number of carbonyl (C=O) groups excluding carboxylic acids is 1. The van der Waals surface area contributed by atoms with E-state index in [2.05, 4.69) is 5.32 Å². The Kier molecular flexibility index (Phi) is 6.37. The number of carbonyl (C=O) groups is 2. The van der Waals surface area contributed by atoms with Gasteiger partial charge in [-0.1, -0.05) is 30.3 Å². The largest absolute Gasteiger partial charge is 0.480 e. The van der Waals surface area contributed by atoms with Gasteiger partial charge in [0.1, 0.15) is 6.04 Å². The fraction of sp³-hybridized carbons (Fsp3) is 0.500. The van der Waals surface area contributed by atoms with Crippen molar-refractivity contribution in [3.63, 3.8) is 0 Å². The van der Waals surface area contributed by atoms with Crippen LogP contribution in [0, 0.1) is 0 Å². The first-order valence-electron chi connectivity index (χ1n) is 6.98. The van der Waals surface area contributed by atoms with Gasteiger partial charge in [-0.25, -0.2) is 4.79 Å². The number of aliphatic carboxylic acids is 1. The second-order valence-corrected chi connectivity index (χ2v) is 5.49. The summed E-state index contributed by atoms with van der Waals surface area (Å²) in [6, 6.07) is 8.42. The van der Waals surface area contributed by atoms with Gasteiger partial charge in [0.2, 0.25) is 5.91 Å². The normalized spacial score (nSPS) is 12.7. The van der Waals surface area contributed by atoms with Crippen molar-refractivity contribution in [1.82, 2.24) is 5.32 Å². The third-order valence-corrected chi connectivity index (χ3v) is 3.51. The second kappa shape index (κ2) is 7.78. The lowest BCUT2D eigenvalue weighted by atomic mass is 9.83. The number of methoxy groups -OCH3 is 1. The highest BCUT2D eigenvalue weighted by Gasteiger charge is 2.32. The van der Waals surface area contributed by atoms with Gasteiger partial charge in [0.05, 0.1) is 5.41 Å². The quantitative estimate of drug-likeness (QED) is 0.718. The predicted octanol–water partition coefficient (Wildman–Crippen LogP) is 1.96. The van der Waals surface area contributed by atoms with Crippen LogP contribution in [-0.2, 0) is 19.7 Å². The van der Waals surface area contributed by atoms with Crippen LogP contribution in [0.5, 0.6) is 0 Å². The molecule has 116 valence electrons. The van der Waals surface area contributed by atoms with Crippen molar-refractivity contribution in [1.29, 1.82) is 0 Å². The average molecular weight is 293 g/mol. The number of carboxylic acid groups (broad SMARTS) is 1. The molecule has 0 saturated carbocycles. The lowest BCUT2D eigenvalue weighted by molar-refractivity contribution is -0.142. The Hall–Kier alpha value is -1.88. The van der Waals surface area contributed by atoms with Crippen LogP contribution < -0.4 is 5.32 Å². The molecule has 1 aromatic carbocycles. The maximum Gasteiger partial charge on any atom is 0.326 e. The molecule has 1 atom stereocenters. The Labute approximate surface area is 125 Å². The van der Waals surface area contributed by atoms with Crippen molar-refractivity contribution < 1.29 is 19.4 Å². The molecule has 0 spiro atoms. The molecule has 0 aliphatic rings. The fourth-order valence-electron chi connectivity index (χ4n) is 2.01. The third kappa shape index (κ3) is 4.86. The van der Waals surface area contributed by atoms with E-state index in [1.807, 2.05) is 30.3 Å². The van der Waals surface area contributed by atoms with Crippen molar-refractivity contribution in [3.8, 4) is 0 Å². The van der Waals surface area contributed by atoms with Gasteiger partial charge in [0.25, 0.3) is 0 Å². The number of rotatable bonds is 8. The van der Waals surface area contributed by atoms with E-state index >= 15 is 0 Å². The molecule has 1 aromatic rings. The molecule has 21 heavy (non-hydrogen) atoms. The van der Waals surface area contributed by atoms with Gasteiger partial charge in [-0.05, 0) is 32.3 Å². The van der Waals surface area contributed by atoms with Crippen molar-refractivity contribution in [2.45, 2.75) is 38.1 Å². The SMILES string of the molecule is COCCCC(NC(=O)C(C)(C)c1ccccc1)C(=O)O. The molecule has 0 heterocycles. The molecule has 1 unspecified atom stereocenters. The summed E-state index contributed by atoms with van der Waals surface area (Å²) < 4.78 is 4.91. The first-order valence-corrected chi connectivity index (χ1v) is 6.98. The zero-order valence-electron chi connectivity index (χ0n) is 12.8. The standard InChI is InChI=1S/C16H23NO4/c1-16(2,12-8-5-4-6-9-12)15(20)17-13(14(18)19)10-7-11-21-3/h4-6,8-9,13H,7,10-11H2,1-3H3,(H,17,20)(H,18,19). The molecule has 0 radical (unpaired) electrons. The summed E-state index contributed by atoms with van der Waals surface area (Å²) in [5.41, 5.74) is 0.0690. The summed E-state index contributed by atoms with van der Waals surface area (Å²) in [4.78, 5) is 23.6. The van der Waals surface area contributed by atoms with Crippen molar-refractivity contribution in [2.75, 3.05) is 13.7 Å². The Morgan fingerprint density at radius 3 is 2.43 bits per heavy atom. The van der Waals surface area contributed by atoms with E-state index in [0.29, 0.717) is 19.4 Å².